The van der Waals surface area contributed by atoms with E-state index in [0.717, 1.165) is 11.3 Å². The van der Waals surface area contributed by atoms with Gasteiger partial charge in [-0.1, -0.05) is 22.8 Å². The molecule has 1 heterocycles. The van der Waals surface area contributed by atoms with E-state index >= 15 is 0 Å². The van der Waals surface area contributed by atoms with Crippen LogP contribution in [0.5, 0.6) is 0 Å². The van der Waals surface area contributed by atoms with Gasteiger partial charge in [-0.25, -0.2) is 0 Å². The Morgan fingerprint density at radius 3 is 2.35 bits per heavy atom. The first kappa shape index (κ1) is 11.7. The number of benzene rings is 1. The average molecular weight is 245 g/mol. The minimum atomic E-state index is -1.35. The Bertz CT molecular complexity index is 487. The molecule has 2 atom stereocenters. The van der Waals surface area contributed by atoms with E-state index in [9.17, 15) is 4.57 Å². The first-order valence-corrected chi connectivity index (χ1v) is 7.16. The van der Waals surface area contributed by atoms with Gasteiger partial charge in [0.15, 0.2) is 0 Å². The van der Waals surface area contributed by atoms with Gasteiger partial charge in [0.05, 0.1) is 0 Å². The van der Waals surface area contributed by atoms with Crippen LogP contribution >= 0.6 is 7.80 Å². The minimum absolute atomic E-state index is 0.171. The molecule has 0 aliphatic carbocycles. The van der Waals surface area contributed by atoms with Gasteiger partial charge in [-0.05, 0) is 24.3 Å². The van der Waals surface area contributed by atoms with Gasteiger partial charge < -0.3 is 5.32 Å². The topological polar surface area (TPSA) is 42.0 Å². The molecule has 1 aromatic carbocycles. The third-order valence-corrected chi connectivity index (χ3v) is 3.62. The van der Waals surface area contributed by atoms with Crippen LogP contribution in [0.25, 0.3) is 0 Å². The normalized spacial score (nSPS) is 12.9. The van der Waals surface area contributed by atoms with Gasteiger partial charge in [0.1, 0.15) is 6.66 Å². The van der Waals surface area contributed by atoms with Crippen molar-refractivity contribution in [3.63, 3.8) is 0 Å². The van der Waals surface area contributed by atoms with E-state index in [4.69, 9.17) is 0 Å². The fourth-order valence-electron chi connectivity index (χ4n) is 1.62. The van der Waals surface area contributed by atoms with E-state index in [0.29, 0.717) is 0 Å². The van der Waals surface area contributed by atoms with E-state index in [-0.39, 0.29) is 5.78 Å². The smallest absolute Gasteiger partial charge is 0.338 e. The molecule has 86 valence electrons. The van der Waals surface area contributed by atoms with E-state index in [1.807, 2.05) is 42.5 Å². The predicted molar refractivity (Wildman–Crippen MR) is 70.6 cm³/mol. The van der Waals surface area contributed by atoms with Crippen molar-refractivity contribution in [3.8, 4) is 0 Å². The molecule has 0 saturated heterocycles. The number of nitrogens with one attached hydrogen (secondary N) is 1. The van der Waals surface area contributed by atoms with Gasteiger partial charge in [0, 0.05) is 23.6 Å². The summed E-state index contributed by atoms with van der Waals surface area (Å²) in [6.07, 6.45) is 3.43. The van der Waals surface area contributed by atoms with Crippen LogP contribution in [0.4, 0.5) is 5.69 Å². The number of anilines is 1. The van der Waals surface area contributed by atoms with Crippen LogP contribution in [0.3, 0.4) is 0 Å². The number of nitrogens with zero attached hydrogens (tertiary/aromatic N) is 1. The standard InChI is InChI=1S/C13H14N2OP/c1-17(16)13(11-7-9-14-10-8-11)15-12-5-3-2-4-6-12/h2-10,13,15H,1H3/q+1. The molecule has 1 N–H and O–H groups in total. The molecule has 0 saturated carbocycles. The van der Waals surface area contributed by atoms with Crippen molar-refractivity contribution in [1.82, 2.24) is 4.98 Å². The second-order valence-corrected chi connectivity index (χ2v) is 5.35. The summed E-state index contributed by atoms with van der Waals surface area (Å²) in [4.78, 5) is 3.97. The summed E-state index contributed by atoms with van der Waals surface area (Å²) < 4.78 is 11.8. The van der Waals surface area contributed by atoms with Crippen molar-refractivity contribution in [2.24, 2.45) is 0 Å². The lowest BCUT2D eigenvalue weighted by molar-refractivity contribution is 0.586. The largest absolute Gasteiger partial charge is 0.364 e. The molecule has 4 heteroatoms. The molecule has 2 aromatic rings. The average Bonchev–Trinajstić information content (AvgIpc) is 2.38. The van der Waals surface area contributed by atoms with Crippen LogP contribution < -0.4 is 5.32 Å². The highest BCUT2D eigenvalue weighted by Gasteiger charge is 2.26. The predicted octanol–water partition coefficient (Wildman–Crippen LogP) is 3.65. The highest BCUT2D eigenvalue weighted by Crippen LogP contribution is 2.38. The van der Waals surface area contributed by atoms with E-state index in [2.05, 4.69) is 10.3 Å². The van der Waals surface area contributed by atoms with Crippen molar-refractivity contribution >= 4 is 13.5 Å². The zero-order valence-electron chi connectivity index (χ0n) is 9.58. The van der Waals surface area contributed by atoms with Gasteiger partial charge in [0.2, 0.25) is 0 Å². The van der Waals surface area contributed by atoms with E-state index < -0.39 is 7.80 Å². The molecule has 0 radical (unpaired) electrons. The highest BCUT2D eigenvalue weighted by atomic mass is 31.1. The Balaban J connectivity index is 2.23. The second-order valence-electron chi connectivity index (χ2n) is 3.74. The Kier molecular flexibility index (Phi) is 3.84. The van der Waals surface area contributed by atoms with Gasteiger partial charge >= 0.3 is 7.80 Å². The zero-order valence-corrected chi connectivity index (χ0v) is 10.5. The number of pyridine rings is 1. The van der Waals surface area contributed by atoms with Crippen molar-refractivity contribution in [1.29, 1.82) is 0 Å². The maximum absolute atomic E-state index is 11.8. The monoisotopic (exact) mass is 245 g/mol. The zero-order chi connectivity index (χ0) is 12.1. The summed E-state index contributed by atoms with van der Waals surface area (Å²) in [5.41, 5.74) is 1.96. The van der Waals surface area contributed by atoms with Crippen molar-refractivity contribution in [3.05, 3.63) is 60.4 Å². The number of hydrogen-bond donors (Lipinski definition) is 1. The maximum Gasteiger partial charge on any atom is 0.364 e. The van der Waals surface area contributed by atoms with Crippen LogP contribution in [0.2, 0.25) is 0 Å². The Hall–Kier alpha value is -1.73. The number of rotatable bonds is 4. The molecule has 2 rings (SSSR count). The highest BCUT2D eigenvalue weighted by molar-refractivity contribution is 7.44. The molecule has 0 spiro atoms. The fraction of sp³-hybridized carbons (Fsp3) is 0.154. The third-order valence-electron chi connectivity index (χ3n) is 2.46. The lowest BCUT2D eigenvalue weighted by atomic mass is 10.2. The molecular weight excluding hydrogens is 231 g/mol. The van der Waals surface area contributed by atoms with Crippen LogP contribution in [0.15, 0.2) is 54.9 Å². The summed E-state index contributed by atoms with van der Waals surface area (Å²) in [5.74, 6) is -0.171. The molecular formula is C13H14N2OP+. The van der Waals surface area contributed by atoms with Crippen molar-refractivity contribution < 1.29 is 4.57 Å². The molecule has 17 heavy (non-hydrogen) atoms. The van der Waals surface area contributed by atoms with Crippen molar-refractivity contribution in [2.45, 2.75) is 5.78 Å². The molecule has 0 fully saturated rings. The summed E-state index contributed by atoms with van der Waals surface area (Å²) in [6.45, 7) is 1.73. The van der Waals surface area contributed by atoms with Crippen LogP contribution in [-0.2, 0) is 4.57 Å². The Morgan fingerprint density at radius 1 is 1.12 bits per heavy atom. The lowest BCUT2D eigenvalue weighted by Crippen LogP contribution is -2.06. The van der Waals surface area contributed by atoms with Crippen LogP contribution in [-0.4, -0.2) is 11.6 Å². The summed E-state index contributed by atoms with van der Waals surface area (Å²) in [5, 5.41) is 3.28. The van der Waals surface area contributed by atoms with Gasteiger partial charge in [-0.15, -0.1) is 0 Å². The molecule has 2 unspecified atom stereocenters. The summed E-state index contributed by atoms with van der Waals surface area (Å²) in [6, 6.07) is 13.6. The third kappa shape index (κ3) is 3.11. The van der Waals surface area contributed by atoms with Gasteiger partial charge in [0.25, 0.3) is 5.78 Å². The fourth-order valence-corrected chi connectivity index (χ4v) is 2.55. The molecule has 0 aliphatic rings. The maximum atomic E-state index is 11.8. The number of hydrogen-bond acceptors (Lipinski definition) is 3. The molecule has 3 nitrogen and oxygen atoms in total. The van der Waals surface area contributed by atoms with E-state index in [1.54, 1.807) is 19.1 Å². The van der Waals surface area contributed by atoms with Gasteiger partial charge in [-0.3, -0.25) is 4.98 Å². The summed E-state index contributed by atoms with van der Waals surface area (Å²) in [7, 11) is -1.35. The number of para-hydroxylation sites is 1. The Labute approximate surface area is 102 Å². The van der Waals surface area contributed by atoms with Crippen LogP contribution in [0, 0.1) is 0 Å². The number of aromatic nitrogens is 1. The second kappa shape index (κ2) is 5.55. The summed E-state index contributed by atoms with van der Waals surface area (Å²) >= 11 is 0. The quantitative estimate of drug-likeness (QED) is 0.836. The SMILES string of the molecule is C[P+](=O)C(Nc1ccccc1)c1ccncc1. The van der Waals surface area contributed by atoms with Crippen molar-refractivity contribution in [2.75, 3.05) is 12.0 Å². The first-order valence-electron chi connectivity index (χ1n) is 5.39. The Morgan fingerprint density at radius 2 is 1.76 bits per heavy atom. The minimum Gasteiger partial charge on any atom is -0.338 e. The van der Waals surface area contributed by atoms with E-state index in [1.165, 1.54) is 0 Å². The van der Waals surface area contributed by atoms with Crippen LogP contribution in [0.1, 0.15) is 11.3 Å². The first-order chi connectivity index (χ1) is 8.27. The molecule has 0 aliphatic heterocycles. The van der Waals surface area contributed by atoms with Gasteiger partial charge in [-0.2, -0.15) is 0 Å². The molecule has 0 amide bonds. The lowest BCUT2D eigenvalue weighted by Gasteiger charge is -2.10. The molecule has 0 bridgehead atoms. The molecule has 1 aromatic heterocycles.